The third-order valence-electron chi connectivity index (χ3n) is 2.74. The van der Waals surface area contributed by atoms with Crippen molar-refractivity contribution in [1.82, 2.24) is 0 Å². The van der Waals surface area contributed by atoms with Crippen LogP contribution in [0.25, 0.3) is 0 Å². The molecule has 112 valence electrons. The highest BCUT2D eigenvalue weighted by atomic mass is 17.1. The van der Waals surface area contributed by atoms with E-state index >= 15 is 0 Å². The molecule has 0 saturated carbocycles. The van der Waals surface area contributed by atoms with Crippen LogP contribution < -0.4 is 4.89 Å². The molecule has 21 heavy (non-hydrogen) atoms. The Labute approximate surface area is 123 Å². The maximum absolute atomic E-state index is 10.5. The number of carbonyl (C=O) groups is 1. The second kappa shape index (κ2) is 8.73. The fourth-order valence-electron chi connectivity index (χ4n) is 1.54. The van der Waals surface area contributed by atoms with Crippen LogP contribution in [-0.4, -0.2) is 16.5 Å². The van der Waals surface area contributed by atoms with Crippen LogP contribution in [0.15, 0.2) is 54.6 Å². The number of rotatable bonds is 3. The molecular weight excluding hydrogens is 272 g/mol. The molecule has 2 rings (SSSR count). The molecule has 2 aromatic rings. The van der Waals surface area contributed by atoms with Gasteiger partial charge in [0.1, 0.15) is 0 Å². The highest BCUT2D eigenvalue weighted by Crippen LogP contribution is 2.17. The quantitative estimate of drug-likeness (QED) is 0.660. The fourth-order valence-corrected chi connectivity index (χ4v) is 1.54. The Balaban J connectivity index is 0.000000211. The van der Waals surface area contributed by atoms with Crippen molar-refractivity contribution < 1.29 is 25.1 Å². The molecule has 0 aliphatic rings. The van der Waals surface area contributed by atoms with Crippen molar-refractivity contribution in [1.29, 1.82) is 0 Å². The Hall–Kier alpha value is -2.37. The van der Waals surface area contributed by atoms with Crippen molar-refractivity contribution in [2.45, 2.75) is 19.8 Å². The highest BCUT2D eigenvalue weighted by molar-refractivity contribution is 5.88. The van der Waals surface area contributed by atoms with Crippen molar-refractivity contribution in [3.63, 3.8) is 0 Å². The van der Waals surface area contributed by atoms with Crippen molar-refractivity contribution in [3.8, 4) is 5.75 Å². The van der Waals surface area contributed by atoms with Crippen molar-refractivity contribution >= 4 is 5.97 Å². The van der Waals surface area contributed by atoms with Gasteiger partial charge in [0.25, 0.3) is 0 Å². The third kappa shape index (κ3) is 5.64. The normalized spacial score (nSPS) is 9.57. The summed E-state index contributed by atoms with van der Waals surface area (Å²) in [6.07, 6.45) is 0. The van der Waals surface area contributed by atoms with E-state index in [2.05, 4.69) is 23.6 Å². The lowest BCUT2D eigenvalue weighted by molar-refractivity contribution is -0.182. The van der Waals surface area contributed by atoms with E-state index in [-0.39, 0.29) is 0 Å². The zero-order valence-corrected chi connectivity index (χ0v) is 11.9. The largest absolute Gasteiger partial charge is 0.372 e. The SMILES string of the molecule is CC(C)c1ccc(OO)cc1.O=C(OO)c1ccccc1. The molecule has 0 aromatic heterocycles. The Morgan fingerprint density at radius 1 is 0.952 bits per heavy atom. The van der Waals surface area contributed by atoms with Gasteiger partial charge in [0, 0.05) is 0 Å². The molecule has 2 aromatic carbocycles. The maximum Gasteiger partial charge on any atom is 0.372 e. The molecule has 0 aliphatic carbocycles. The smallest absolute Gasteiger partial charge is 0.340 e. The molecule has 0 atom stereocenters. The van der Waals surface area contributed by atoms with Crippen LogP contribution in [0, 0.1) is 0 Å². The van der Waals surface area contributed by atoms with Crippen LogP contribution in [0.1, 0.15) is 35.7 Å². The van der Waals surface area contributed by atoms with Crippen LogP contribution in [0.3, 0.4) is 0 Å². The summed E-state index contributed by atoms with van der Waals surface area (Å²) in [6, 6.07) is 15.6. The third-order valence-corrected chi connectivity index (χ3v) is 2.74. The fraction of sp³-hybridized carbons (Fsp3) is 0.188. The minimum atomic E-state index is -0.736. The molecule has 0 saturated heterocycles. The Bertz CT molecular complexity index is 534. The molecule has 0 aliphatic heterocycles. The van der Waals surface area contributed by atoms with Gasteiger partial charge in [-0.2, -0.15) is 5.26 Å². The van der Waals surface area contributed by atoms with Gasteiger partial charge in [0.05, 0.1) is 5.56 Å². The second-order valence-electron chi connectivity index (χ2n) is 4.56. The molecule has 0 radical (unpaired) electrons. The van der Waals surface area contributed by atoms with Gasteiger partial charge < -0.3 is 4.89 Å². The van der Waals surface area contributed by atoms with Crippen LogP contribution in [0.2, 0.25) is 0 Å². The Morgan fingerprint density at radius 3 is 1.95 bits per heavy atom. The molecule has 0 bridgehead atoms. The zero-order valence-electron chi connectivity index (χ0n) is 11.9. The van der Waals surface area contributed by atoms with Crippen LogP contribution >= 0.6 is 0 Å². The summed E-state index contributed by atoms with van der Waals surface area (Å²) < 4.78 is 0. The first-order chi connectivity index (χ1) is 10.1. The summed E-state index contributed by atoms with van der Waals surface area (Å²) in [5.41, 5.74) is 1.58. The second-order valence-corrected chi connectivity index (χ2v) is 4.56. The minimum Gasteiger partial charge on any atom is -0.340 e. The lowest BCUT2D eigenvalue weighted by Gasteiger charge is -2.04. The predicted octanol–water partition coefficient (Wildman–Crippen LogP) is 3.98. The van der Waals surface area contributed by atoms with Crippen LogP contribution in [-0.2, 0) is 4.89 Å². The minimum absolute atomic E-state index is 0.338. The Kier molecular flexibility index (Phi) is 6.94. The number of hydrogen-bond acceptors (Lipinski definition) is 5. The highest BCUT2D eigenvalue weighted by Gasteiger charge is 2.02. The summed E-state index contributed by atoms with van der Waals surface area (Å²) in [5, 5.41) is 16.2. The van der Waals surface area contributed by atoms with E-state index < -0.39 is 5.97 Å². The van der Waals surface area contributed by atoms with E-state index in [0.29, 0.717) is 17.2 Å². The van der Waals surface area contributed by atoms with Gasteiger partial charge in [0.15, 0.2) is 5.75 Å². The molecule has 5 heteroatoms. The van der Waals surface area contributed by atoms with Gasteiger partial charge in [-0.1, -0.05) is 44.2 Å². The molecular formula is C16H18O5. The summed E-state index contributed by atoms with van der Waals surface area (Å²) in [7, 11) is 0. The monoisotopic (exact) mass is 290 g/mol. The van der Waals surface area contributed by atoms with Gasteiger partial charge in [0.2, 0.25) is 0 Å². The Morgan fingerprint density at radius 2 is 1.52 bits per heavy atom. The number of benzene rings is 2. The maximum atomic E-state index is 10.5. The predicted molar refractivity (Wildman–Crippen MR) is 78.3 cm³/mol. The summed E-state index contributed by atoms with van der Waals surface area (Å²) in [6.45, 7) is 4.24. The average molecular weight is 290 g/mol. The topological polar surface area (TPSA) is 76.0 Å². The average Bonchev–Trinajstić information content (AvgIpc) is 2.55. The van der Waals surface area contributed by atoms with Gasteiger partial charge in [-0.05, 0) is 35.7 Å². The standard InChI is InChI=1S/C9H12O2.C7H6O3/c1-7(2)8-3-5-9(11-10)6-4-8;8-7(10-9)6-4-2-1-3-5-6/h3-7,10H,1-2H3;1-5,9H. The van der Waals surface area contributed by atoms with E-state index in [4.69, 9.17) is 10.5 Å². The molecule has 5 nitrogen and oxygen atoms in total. The first kappa shape index (κ1) is 16.7. The van der Waals surface area contributed by atoms with Gasteiger partial charge in [-0.25, -0.2) is 10.1 Å². The number of carbonyl (C=O) groups excluding carboxylic acids is 1. The summed E-state index contributed by atoms with van der Waals surface area (Å²) in [4.78, 5) is 18.1. The molecule has 2 N–H and O–H groups in total. The van der Waals surface area contributed by atoms with E-state index in [1.165, 1.54) is 5.56 Å². The van der Waals surface area contributed by atoms with Gasteiger partial charge in [-0.3, -0.25) is 4.89 Å². The molecule has 0 fully saturated rings. The van der Waals surface area contributed by atoms with Crippen molar-refractivity contribution in [2.24, 2.45) is 0 Å². The van der Waals surface area contributed by atoms with E-state index in [9.17, 15) is 4.79 Å². The first-order valence-corrected chi connectivity index (χ1v) is 6.40. The van der Waals surface area contributed by atoms with Crippen LogP contribution in [0.5, 0.6) is 5.75 Å². The lowest BCUT2D eigenvalue weighted by atomic mass is 10.0. The van der Waals surface area contributed by atoms with Gasteiger partial charge >= 0.3 is 5.97 Å². The van der Waals surface area contributed by atoms with E-state index in [1.54, 1.807) is 42.5 Å². The van der Waals surface area contributed by atoms with E-state index in [1.807, 2.05) is 12.1 Å². The zero-order chi connectivity index (χ0) is 15.7. The summed E-state index contributed by atoms with van der Waals surface area (Å²) >= 11 is 0. The number of hydrogen-bond donors (Lipinski definition) is 2. The molecule has 0 amide bonds. The van der Waals surface area contributed by atoms with Crippen LogP contribution in [0.4, 0.5) is 0 Å². The molecule has 0 unspecified atom stereocenters. The summed E-state index contributed by atoms with van der Waals surface area (Å²) in [5.74, 6) is 0.262. The molecule has 0 heterocycles. The first-order valence-electron chi connectivity index (χ1n) is 6.40. The van der Waals surface area contributed by atoms with Crippen molar-refractivity contribution in [2.75, 3.05) is 0 Å². The van der Waals surface area contributed by atoms with E-state index in [0.717, 1.165) is 0 Å². The van der Waals surface area contributed by atoms with Gasteiger partial charge in [-0.15, -0.1) is 0 Å². The van der Waals surface area contributed by atoms with Crippen molar-refractivity contribution in [3.05, 3.63) is 65.7 Å². The molecule has 0 spiro atoms. The lowest BCUT2D eigenvalue weighted by Crippen LogP contribution is -2.00.